The zero-order valence-corrected chi connectivity index (χ0v) is 13.5. The number of carbonyl (C=O) groups excluding carboxylic acids is 1. The monoisotopic (exact) mass is 337 g/mol. The lowest BCUT2D eigenvalue weighted by molar-refractivity contribution is -0.116. The number of halogens is 2. The van der Waals surface area contributed by atoms with Gasteiger partial charge in [0.2, 0.25) is 5.91 Å². The van der Waals surface area contributed by atoms with Gasteiger partial charge in [0.1, 0.15) is 17.4 Å². The van der Waals surface area contributed by atoms with E-state index in [1.54, 1.807) is 18.9 Å². The molecule has 3 nitrogen and oxygen atoms in total. The Hall–Kier alpha value is -2.08. The molecule has 0 atom stereocenters. The highest BCUT2D eigenvalue weighted by Gasteiger charge is 2.08. The third kappa shape index (κ3) is 5.56. The van der Waals surface area contributed by atoms with Gasteiger partial charge in [-0.15, -0.1) is 11.8 Å². The zero-order chi connectivity index (χ0) is 16.7. The van der Waals surface area contributed by atoms with Crippen LogP contribution < -0.4 is 10.1 Å². The van der Waals surface area contributed by atoms with Crippen LogP contribution in [-0.2, 0) is 4.79 Å². The summed E-state index contributed by atoms with van der Waals surface area (Å²) in [6, 6.07) is 10.7. The van der Waals surface area contributed by atoms with Crippen LogP contribution in [0.5, 0.6) is 5.75 Å². The summed E-state index contributed by atoms with van der Waals surface area (Å²) in [6.45, 7) is 0. The number of hydrogen-bond acceptors (Lipinski definition) is 3. The number of hydrogen-bond donors (Lipinski definition) is 1. The average Bonchev–Trinajstić information content (AvgIpc) is 2.55. The van der Waals surface area contributed by atoms with E-state index in [2.05, 4.69) is 5.32 Å². The minimum atomic E-state index is -0.772. The normalized spacial score (nSPS) is 10.4. The Kier molecular flexibility index (Phi) is 6.40. The summed E-state index contributed by atoms with van der Waals surface area (Å²) < 4.78 is 31.3. The van der Waals surface area contributed by atoms with Crippen molar-refractivity contribution < 1.29 is 18.3 Å². The molecule has 2 rings (SSSR count). The molecule has 122 valence electrons. The Morgan fingerprint density at radius 2 is 1.91 bits per heavy atom. The fraction of sp³-hybridized carbons (Fsp3) is 0.235. The van der Waals surface area contributed by atoms with Gasteiger partial charge >= 0.3 is 0 Å². The molecule has 0 saturated carbocycles. The third-order valence-electron chi connectivity index (χ3n) is 3.08. The Morgan fingerprint density at radius 3 is 2.57 bits per heavy atom. The van der Waals surface area contributed by atoms with Crippen LogP contribution in [0.25, 0.3) is 0 Å². The van der Waals surface area contributed by atoms with Gasteiger partial charge in [-0.3, -0.25) is 4.79 Å². The molecule has 0 heterocycles. The van der Waals surface area contributed by atoms with Gasteiger partial charge in [-0.25, -0.2) is 8.78 Å². The van der Waals surface area contributed by atoms with Crippen molar-refractivity contribution >= 4 is 23.4 Å². The van der Waals surface area contributed by atoms with Crippen molar-refractivity contribution in [1.82, 2.24) is 0 Å². The standard InChI is InChI=1S/C17H17F2NO2S/c1-22-13-5-7-14(8-6-13)23-10-2-3-17(21)20-16-9-4-12(18)11-15(16)19/h4-9,11H,2-3,10H2,1H3,(H,20,21). The highest BCUT2D eigenvalue weighted by atomic mass is 32.2. The van der Waals surface area contributed by atoms with Crippen LogP contribution in [0.2, 0.25) is 0 Å². The van der Waals surface area contributed by atoms with E-state index in [1.165, 1.54) is 6.07 Å². The molecule has 23 heavy (non-hydrogen) atoms. The number of ether oxygens (including phenoxy) is 1. The first-order valence-electron chi connectivity index (χ1n) is 7.10. The summed E-state index contributed by atoms with van der Waals surface area (Å²) in [5, 5.41) is 2.44. The summed E-state index contributed by atoms with van der Waals surface area (Å²) >= 11 is 1.63. The highest BCUT2D eigenvalue weighted by Crippen LogP contribution is 2.22. The van der Waals surface area contributed by atoms with E-state index in [4.69, 9.17) is 4.74 Å². The minimum Gasteiger partial charge on any atom is -0.497 e. The number of rotatable bonds is 7. The van der Waals surface area contributed by atoms with E-state index in [0.717, 1.165) is 28.5 Å². The zero-order valence-electron chi connectivity index (χ0n) is 12.6. The predicted molar refractivity (Wildman–Crippen MR) is 87.9 cm³/mol. The molecule has 0 unspecified atom stereocenters. The molecule has 2 aromatic rings. The number of carbonyl (C=O) groups is 1. The molecule has 2 aromatic carbocycles. The van der Waals surface area contributed by atoms with Crippen molar-refractivity contribution in [2.75, 3.05) is 18.2 Å². The van der Waals surface area contributed by atoms with Crippen LogP contribution in [0.1, 0.15) is 12.8 Å². The van der Waals surface area contributed by atoms with Crippen LogP contribution >= 0.6 is 11.8 Å². The Labute approximate surface area is 138 Å². The van der Waals surface area contributed by atoms with Crippen LogP contribution in [-0.4, -0.2) is 18.8 Å². The van der Waals surface area contributed by atoms with Crippen molar-refractivity contribution in [2.24, 2.45) is 0 Å². The molecule has 1 N–H and O–H groups in total. The van der Waals surface area contributed by atoms with E-state index in [-0.39, 0.29) is 18.0 Å². The van der Waals surface area contributed by atoms with Crippen molar-refractivity contribution in [3.63, 3.8) is 0 Å². The molecule has 0 bridgehead atoms. The van der Waals surface area contributed by atoms with E-state index < -0.39 is 11.6 Å². The quantitative estimate of drug-likeness (QED) is 0.598. The second-order valence-electron chi connectivity index (χ2n) is 4.80. The Bertz CT molecular complexity index is 662. The molecule has 0 radical (unpaired) electrons. The van der Waals surface area contributed by atoms with Crippen LogP contribution in [0.4, 0.5) is 14.5 Å². The van der Waals surface area contributed by atoms with Gasteiger partial charge in [-0.1, -0.05) is 0 Å². The smallest absolute Gasteiger partial charge is 0.224 e. The van der Waals surface area contributed by atoms with E-state index in [1.807, 2.05) is 24.3 Å². The van der Waals surface area contributed by atoms with Crippen molar-refractivity contribution in [1.29, 1.82) is 0 Å². The van der Waals surface area contributed by atoms with Crippen LogP contribution in [0, 0.1) is 11.6 Å². The summed E-state index contributed by atoms with van der Waals surface area (Å²) in [7, 11) is 1.62. The molecule has 0 fully saturated rings. The lowest BCUT2D eigenvalue weighted by Crippen LogP contribution is -2.12. The maximum atomic E-state index is 13.4. The maximum absolute atomic E-state index is 13.4. The highest BCUT2D eigenvalue weighted by molar-refractivity contribution is 7.99. The number of benzene rings is 2. The molecule has 0 spiro atoms. The summed E-state index contributed by atoms with van der Waals surface area (Å²) in [6.07, 6.45) is 0.936. The van der Waals surface area contributed by atoms with Gasteiger partial charge in [-0.05, 0) is 48.6 Å². The molecule has 0 aromatic heterocycles. The van der Waals surface area contributed by atoms with Gasteiger partial charge in [0.25, 0.3) is 0 Å². The van der Waals surface area contributed by atoms with Gasteiger partial charge in [0.05, 0.1) is 12.8 Å². The number of nitrogens with one attached hydrogen (secondary N) is 1. The Balaban J connectivity index is 1.72. The predicted octanol–water partition coefficient (Wildman–Crippen LogP) is 4.48. The van der Waals surface area contributed by atoms with Crippen LogP contribution in [0.15, 0.2) is 47.4 Å². The van der Waals surface area contributed by atoms with Crippen molar-refractivity contribution in [3.05, 3.63) is 54.1 Å². The second-order valence-corrected chi connectivity index (χ2v) is 5.97. The first-order chi connectivity index (χ1) is 11.1. The van der Waals surface area contributed by atoms with E-state index in [0.29, 0.717) is 6.42 Å². The fourth-order valence-electron chi connectivity index (χ4n) is 1.90. The first-order valence-corrected chi connectivity index (χ1v) is 8.09. The van der Waals surface area contributed by atoms with Gasteiger partial charge in [0.15, 0.2) is 0 Å². The van der Waals surface area contributed by atoms with E-state index in [9.17, 15) is 13.6 Å². The van der Waals surface area contributed by atoms with Crippen molar-refractivity contribution in [3.8, 4) is 5.75 Å². The molecule has 0 aliphatic rings. The Morgan fingerprint density at radius 1 is 1.17 bits per heavy atom. The SMILES string of the molecule is COc1ccc(SCCCC(=O)Nc2ccc(F)cc2F)cc1. The number of methoxy groups -OCH3 is 1. The minimum absolute atomic E-state index is 0.000734. The summed E-state index contributed by atoms with van der Waals surface area (Å²) in [5.74, 6) is -0.158. The summed E-state index contributed by atoms with van der Waals surface area (Å²) in [4.78, 5) is 12.8. The fourth-order valence-corrected chi connectivity index (χ4v) is 2.75. The van der Waals surface area contributed by atoms with E-state index >= 15 is 0 Å². The molecule has 0 saturated heterocycles. The van der Waals surface area contributed by atoms with Gasteiger partial charge in [-0.2, -0.15) is 0 Å². The second kappa shape index (κ2) is 8.53. The van der Waals surface area contributed by atoms with Gasteiger partial charge in [0, 0.05) is 17.4 Å². The lowest BCUT2D eigenvalue weighted by atomic mass is 10.2. The topological polar surface area (TPSA) is 38.3 Å². The number of thioether (sulfide) groups is 1. The van der Waals surface area contributed by atoms with Gasteiger partial charge < -0.3 is 10.1 Å². The molecule has 6 heteroatoms. The van der Waals surface area contributed by atoms with Crippen LogP contribution in [0.3, 0.4) is 0 Å². The van der Waals surface area contributed by atoms with Crippen molar-refractivity contribution in [2.45, 2.75) is 17.7 Å². The maximum Gasteiger partial charge on any atom is 0.224 e. The molecule has 1 amide bonds. The number of amides is 1. The average molecular weight is 337 g/mol. The molecular weight excluding hydrogens is 320 g/mol. The molecule has 0 aliphatic carbocycles. The molecule has 0 aliphatic heterocycles. The summed E-state index contributed by atoms with van der Waals surface area (Å²) in [5.41, 5.74) is -0.000734. The largest absolute Gasteiger partial charge is 0.497 e. The number of anilines is 1. The lowest BCUT2D eigenvalue weighted by Gasteiger charge is -2.07. The molecular formula is C17H17F2NO2S. The third-order valence-corrected chi connectivity index (χ3v) is 4.18. The first kappa shape index (κ1) is 17.3.